The predicted octanol–water partition coefficient (Wildman–Crippen LogP) is 1.99. The van der Waals surface area contributed by atoms with E-state index in [9.17, 15) is 4.79 Å². The first-order valence-corrected chi connectivity index (χ1v) is 4.91. The number of carbonyl (C=O) groups excluding carboxylic acids is 1. The molecule has 0 unspecified atom stereocenters. The van der Waals surface area contributed by atoms with Gasteiger partial charge in [-0.15, -0.1) is 0 Å². The summed E-state index contributed by atoms with van der Waals surface area (Å²) in [4.78, 5) is 11.2. The Morgan fingerprint density at radius 2 is 2.07 bits per heavy atom. The van der Waals surface area contributed by atoms with Crippen LogP contribution in [0.15, 0.2) is 35.5 Å². The number of ether oxygens (including phenoxy) is 1. The van der Waals surface area contributed by atoms with E-state index in [-0.39, 0.29) is 12.6 Å². The van der Waals surface area contributed by atoms with Crippen molar-refractivity contribution in [1.82, 2.24) is 0 Å². The lowest BCUT2D eigenvalue weighted by atomic mass is 10.2. The van der Waals surface area contributed by atoms with Gasteiger partial charge < -0.3 is 9.84 Å². The number of aliphatic hydroxyl groups is 1. The Morgan fingerprint density at radius 1 is 1.40 bits per heavy atom. The molecule has 0 aromatic rings. The van der Waals surface area contributed by atoms with E-state index >= 15 is 0 Å². The molecule has 3 heteroatoms. The molecule has 0 aliphatic heterocycles. The Balaban J connectivity index is 4.27. The summed E-state index contributed by atoms with van der Waals surface area (Å²) in [5.41, 5.74) is 1.51. The number of allylic oxidation sites excluding steroid dienone is 4. The fraction of sp³-hybridized carbons (Fsp3) is 0.417. The molecule has 15 heavy (non-hydrogen) atoms. The molecule has 0 bridgehead atoms. The SMILES string of the molecule is CCOC(=O)C(C)=CC=CC(C)=CCO. The lowest BCUT2D eigenvalue weighted by Crippen LogP contribution is -2.04. The zero-order valence-corrected chi connectivity index (χ0v) is 9.49. The summed E-state index contributed by atoms with van der Waals surface area (Å²) in [6.45, 7) is 5.76. The van der Waals surface area contributed by atoms with Gasteiger partial charge in [0.25, 0.3) is 0 Å². The molecule has 0 aromatic heterocycles. The quantitative estimate of drug-likeness (QED) is 0.429. The Morgan fingerprint density at radius 3 is 2.60 bits per heavy atom. The van der Waals surface area contributed by atoms with Crippen LogP contribution in [0.5, 0.6) is 0 Å². The maximum atomic E-state index is 11.2. The van der Waals surface area contributed by atoms with Crippen LogP contribution in [0.3, 0.4) is 0 Å². The van der Waals surface area contributed by atoms with Crippen molar-refractivity contribution in [2.75, 3.05) is 13.2 Å². The second-order valence-electron chi connectivity index (χ2n) is 3.06. The zero-order valence-electron chi connectivity index (χ0n) is 9.49. The molecule has 0 rings (SSSR count). The lowest BCUT2D eigenvalue weighted by molar-refractivity contribution is -0.138. The minimum atomic E-state index is -0.300. The van der Waals surface area contributed by atoms with Crippen molar-refractivity contribution in [2.24, 2.45) is 0 Å². The summed E-state index contributed by atoms with van der Waals surface area (Å²) in [7, 11) is 0. The topological polar surface area (TPSA) is 46.5 Å². The molecule has 84 valence electrons. The maximum absolute atomic E-state index is 11.2. The van der Waals surface area contributed by atoms with Crippen molar-refractivity contribution in [3.63, 3.8) is 0 Å². The highest BCUT2D eigenvalue weighted by Gasteiger charge is 2.01. The van der Waals surface area contributed by atoms with Crippen molar-refractivity contribution in [3.8, 4) is 0 Å². The van der Waals surface area contributed by atoms with Gasteiger partial charge in [0.2, 0.25) is 0 Å². The minimum absolute atomic E-state index is 0.0245. The van der Waals surface area contributed by atoms with E-state index in [0.717, 1.165) is 5.57 Å². The van der Waals surface area contributed by atoms with Crippen LogP contribution in [0, 0.1) is 0 Å². The Kier molecular flexibility index (Phi) is 7.28. The molecule has 0 aliphatic carbocycles. The van der Waals surface area contributed by atoms with Gasteiger partial charge in [0.05, 0.1) is 13.2 Å². The van der Waals surface area contributed by atoms with Gasteiger partial charge in [-0.05, 0) is 20.8 Å². The van der Waals surface area contributed by atoms with E-state index in [1.807, 2.05) is 13.0 Å². The van der Waals surface area contributed by atoms with E-state index in [0.29, 0.717) is 12.2 Å². The van der Waals surface area contributed by atoms with Crippen LogP contribution in [0.2, 0.25) is 0 Å². The molecule has 0 atom stereocenters. The van der Waals surface area contributed by atoms with Crippen LogP contribution < -0.4 is 0 Å². The number of rotatable bonds is 5. The predicted molar refractivity (Wildman–Crippen MR) is 60.4 cm³/mol. The van der Waals surface area contributed by atoms with Crippen LogP contribution in [0.25, 0.3) is 0 Å². The average molecular weight is 210 g/mol. The van der Waals surface area contributed by atoms with Gasteiger partial charge >= 0.3 is 5.97 Å². The number of hydrogen-bond acceptors (Lipinski definition) is 3. The fourth-order valence-corrected chi connectivity index (χ4v) is 0.869. The number of hydrogen-bond donors (Lipinski definition) is 1. The van der Waals surface area contributed by atoms with E-state index in [2.05, 4.69) is 0 Å². The van der Waals surface area contributed by atoms with Gasteiger partial charge in [-0.2, -0.15) is 0 Å². The third-order valence-corrected chi connectivity index (χ3v) is 1.72. The molecule has 0 saturated carbocycles. The molecule has 0 heterocycles. The highest BCUT2D eigenvalue weighted by molar-refractivity contribution is 5.88. The molecule has 0 radical (unpaired) electrons. The Hall–Kier alpha value is -1.35. The monoisotopic (exact) mass is 210 g/mol. The molecule has 0 aromatic carbocycles. The molecule has 0 saturated heterocycles. The highest BCUT2D eigenvalue weighted by Crippen LogP contribution is 1.99. The van der Waals surface area contributed by atoms with Crippen LogP contribution in [-0.2, 0) is 9.53 Å². The van der Waals surface area contributed by atoms with Gasteiger partial charge in [0.1, 0.15) is 0 Å². The molecule has 3 nitrogen and oxygen atoms in total. The van der Waals surface area contributed by atoms with Crippen molar-refractivity contribution >= 4 is 5.97 Å². The van der Waals surface area contributed by atoms with Crippen LogP contribution >= 0.6 is 0 Å². The van der Waals surface area contributed by atoms with E-state index < -0.39 is 0 Å². The smallest absolute Gasteiger partial charge is 0.333 e. The van der Waals surface area contributed by atoms with Crippen molar-refractivity contribution in [1.29, 1.82) is 0 Å². The second kappa shape index (κ2) is 8.00. The third kappa shape index (κ3) is 6.69. The first-order valence-electron chi connectivity index (χ1n) is 4.91. The lowest BCUT2D eigenvalue weighted by Gasteiger charge is -1.99. The van der Waals surface area contributed by atoms with Crippen LogP contribution in [-0.4, -0.2) is 24.3 Å². The highest BCUT2D eigenvalue weighted by atomic mass is 16.5. The minimum Gasteiger partial charge on any atom is -0.463 e. The van der Waals surface area contributed by atoms with Gasteiger partial charge in [-0.25, -0.2) is 4.79 Å². The van der Waals surface area contributed by atoms with Crippen molar-refractivity contribution < 1.29 is 14.6 Å². The molecule has 0 fully saturated rings. The molecule has 1 N–H and O–H groups in total. The number of esters is 1. The summed E-state index contributed by atoms with van der Waals surface area (Å²) in [6, 6.07) is 0. The van der Waals surface area contributed by atoms with Gasteiger partial charge in [0, 0.05) is 5.57 Å². The van der Waals surface area contributed by atoms with Crippen LogP contribution in [0.1, 0.15) is 20.8 Å². The fourth-order valence-electron chi connectivity index (χ4n) is 0.869. The molecular formula is C12H18O3. The Labute approximate surface area is 90.8 Å². The largest absolute Gasteiger partial charge is 0.463 e. The van der Waals surface area contributed by atoms with E-state index in [4.69, 9.17) is 9.84 Å². The van der Waals surface area contributed by atoms with Gasteiger partial charge in [-0.1, -0.05) is 29.9 Å². The van der Waals surface area contributed by atoms with Crippen LogP contribution in [0.4, 0.5) is 0 Å². The maximum Gasteiger partial charge on any atom is 0.333 e. The summed E-state index contributed by atoms with van der Waals surface area (Å²) < 4.78 is 4.81. The summed E-state index contributed by atoms with van der Waals surface area (Å²) in [5, 5.41) is 8.60. The van der Waals surface area contributed by atoms with Gasteiger partial charge in [0.15, 0.2) is 0 Å². The molecule has 0 spiro atoms. The second-order valence-corrected chi connectivity index (χ2v) is 3.06. The first kappa shape index (κ1) is 13.7. The third-order valence-electron chi connectivity index (χ3n) is 1.72. The van der Waals surface area contributed by atoms with Crippen molar-refractivity contribution in [3.05, 3.63) is 35.5 Å². The normalized spacial score (nSPS) is 13.3. The van der Waals surface area contributed by atoms with Gasteiger partial charge in [-0.3, -0.25) is 0 Å². The first-order chi connectivity index (χ1) is 7.11. The molecule has 0 amide bonds. The van der Waals surface area contributed by atoms with Crippen molar-refractivity contribution in [2.45, 2.75) is 20.8 Å². The zero-order chi connectivity index (χ0) is 11.7. The van der Waals surface area contributed by atoms with E-state index in [1.54, 1.807) is 32.1 Å². The number of aliphatic hydroxyl groups excluding tert-OH is 1. The summed E-state index contributed by atoms with van der Waals surface area (Å²) in [6.07, 6.45) is 6.95. The molecule has 0 aliphatic rings. The average Bonchev–Trinajstić information content (AvgIpc) is 2.18. The molecular weight excluding hydrogens is 192 g/mol. The number of carbonyl (C=O) groups is 1. The Bertz CT molecular complexity index is 285. The summed E-state index contributed by atoms with van der Waals surface area (Å²) in [5.74, 6) is -0.300. The standard InChI is InChI=1S/C12H18O3/c1-4-15-12(14)11(3)7-5-6-10(2)8-9-13/h5-8,13H,4,9H2,1-3H3. The summed E-state index contributed by atoms with van der Waals surface area (Å²) >= 11 is 0. The van der Waals surface area contributed by atoms with E-state index in [1.165, 1.54) is 0 Å².